The third kappa shape index (κ3) is 1.93. The largest absolute Gasteiger partial charge is 0.353 e. The Morgan fingerprint density at radius 2 is 2.05 bits per heavy atom. The van der Waals surface area contributed by atoms with Crippen LogP contribution in [0, 0.1) is 11.6 Å². The second-order valence-corrected chi connectivity index (χ2v) is 4.33. The van der Waals surface area contributed by atoms with E-state index < -0.39 is 24.0 Å². The molecule has 0 aliphatic carbocycles. The summed E-state index contributed by atoms with van der Waals surface area (Å²) in [6, 6.07) is 4.67. The number of hydrogen-bond acceptors (Lipinski definition) is 3. The first-order chi connectivity index (χ1) is 9.13. The molecule has 1 saturated heterocycles. The van der Waals surface area contributed by atoms with E-state index in [-0.39, 0.29) is 11.1 Å². The SMILES string of the molecule is COC1OC1c1ccc(-c2ccnn2C)c(F)c1F. The quantitative estimate of drug-likeness (QED) is 0.801. The predicted octanol–water partition coefficient (Wildman–Crippen LogP) is 2.41. The van der Waals surface area contributed by atoms with Crippen molar-refractivity contribution in [1.82, 2.24) is 9.78 Å². The van der Waals surface area contributed by atoms with E-state index in [4.69, 9.17) is 9.47 Å². The van der Waals surface area contributed by atoms with Crippen LogP contribution in [0.15, 0.2) is 24.4 Å². The molecule has 1 aliphatic rings. The lowest BCUT2D eigenvalue weighted by Gasteiger charge is -2.07. The van der Waals surface area contributed by atoms with Crippen LogP contribution < -0.4 is 0 Å². The Morgan fingerprint density at radius 3 is 2.63 bits per heavy atom. The maximum atomic E-state index is 14.1. The lowest BCUT2D eigenvalue weighted by molar-refractivity contribution is 0.0950. The molecule has 19 heavy (non-hydrogen) atoms. The Morgan fingerprint density at radius 1 is 1.26 bits per heavy atom. The monoisotopic (exact) mass is 266 g/mol. The summed E-state index contributed by atoms with van der Waals surface area (Å²) < 4.78 is 39.7. The Labute approximate surface area is 108 Å². The van der Waals surface area contributed by atoms with Crippen LogP contribution in [0.25, 0.3) is 11.3 Å². The third-order valence-corrected chi connectivity index (χ3v) is 3.20. The minimum atomic E-state index is -0.900. The molecule has 1 aliphatic heterocycles. The Kier molecular flexibility index (Phi) is 2.83. The van der Waals surface area contributed by atoms with Gasteiger partial charge >= 0.3 is 0 Å². The smallest absolute Gasteiger partial charge is 0.188 e. The highest BCUT2D eigenvalue weighted by Gasteiger charge is 2.43. The first-order valence-corrected chi connectivity index (χ1v) is 5.78. The van der Waals surface area contributed by atoms with Crippen LogP contribution in [0.1, 0.15) is 11.7 Å². The topological polar surface area (TPSA) is 39.6 Å². The molecular weight excluding hydrogens is 254 g/mol. The van der Waals surface area contributed by atoms with Crippen LogP contribution >= 0.6 is 0 Å². The fourth-order valence-corrected chi connectivity index (χ4v) is 2.12. The van der Waals surface area contributed by atoms with Crippen molar-refractivity contribution in [1.29, 1.82) is 0 Å². The molecule has 0 amide bonds. The van der Waals surface area contributed by atoms with Crippen molar-refractivity contribution < 1.29 is 18.3 Å². The van der Waals surface area contributed by atoms with E-state index in [1.807, 2.05) is 0 Å². The van der Waals surface area contributed by atoms with Crippen molar-refractivity contribution in [2.75, 3.05) is 7.11 Å². The molecular formula is C13H12F2N2O2. The van der Waals surface area contributed by atoms with Crippen molar-refractivity contribution >= 4 is 0 Å². The van der Waals surface area contributed by atoms with Crippen molar-refractivity contribution in [2.24, 2.45) is 7.05 Å². The van der Waals surface area contributed by atoms with Gasteiger partial charge in [0.25, 0.3) is 0 Å². The second kappa shape index (κ2) is 4.40. The van der Waals surface area contributed by atoms with Gasteiger partial charge in [-0.2, -0.15) is 5.10 Å². The molecule has 0 N–H and O–H groups in total. The van der Waals surface area contributed by atoms with Crippen LogP contribution in [0.3, 0.4) is 0 Å². The molecule has 0 radical (unpaired) electrons. The summed E-state index contributed by atoms with van der Waals surface area (Å²) in [7, 11) is 3.13. The van der Waals surface area contributed by atoms with Gasteiger partial charge in [-0.25, -0.2) is 8.78 Å². The Hall–Kier alpha value is -1.79. The molecule has 100 valence electrons. The van der Waals surface area contributed by atoms with E-state index in [2.05, 4.69) is 5.10 Å². The van der Waals surface area contributed by atoms with E-state index in [9.17, 15) is 8.78 Å². The van der Waals surface area contributed by atoms with Gasteiger partial charge in [0.05, 0.1) is 5.69 Å². The number of ether oxygens (including phenoxy) is 2. The van der Waals surface area contributed by atoms with Crippen molar-refractivity contribution in [3.63, 3.8) is 0 Å². The summed E-state index contributed by atoms with van der Waals surface area (Å²) >= 11 is 0. The molecule has 1 aromatic heterocycles. The van der Waals surface area contributed by atoms with Crippen LogP contribution in [0.2, 0.25) is 0 Å². The van der Waals surface area contributed by atoms with Gasteiger partial charge in [-0.3, -0.25) is 4.68 Å². The van der Waals surface area contributed by atoms with Crippen LogP contribution in [0.4, 0.5) is 8.78 Å². The molecule has 6 heteroatoms. The zero-order valence-corrected chi connectivity index (χ0v) is 10.4. The highest BCUT2D eigenvalue weighted by Crippen LogP contribution is 2.41. The van der Waals surface area contributed by atoms with Crippen LogP contribution in [-0.4, -0.2) is 23.2 Å². The second-order valence-electron chi connectivity index (χ2n) is 4.33. The average molecular weight is 266 g/mol. The first kappa shape index (κ1) is 12.3. The van der Waals surface area contributed by atoms with Gasteiger partial charge in [0.1, 0.15) is 6.10 Å². The third-order valence-electron chi connectivity index (χ3n) is 3.20. The fraction of sp³-hybridized carbons (Fsp3) is 0.308. The van der Waals surface area contributed by atoms with Gasteiger partial charge in [-0.1, -0.05) is 6.07 Å². The number of aryl methyl sites for hydroxylation is 1. The molecule has 2 atom stereocenters. The highest BCUT2D eigenvalue weighted by atomic mass is 19.2. The number of halogens is 2. The number of rotatable bonds is 3. The zero-order valence-electron chi connectivity index (χ0n) is 10.4. The number of benzene rings is 1. The highest BCUT2D eigenvalue weighted by molar-refractivity contribution is 5.61. The molecule has 0 spiro atoms. The molecule has 2 aromatic rings. The normalized spacial score (nSPS) is 21.7. The number of hydrogen-bond donors (Lipinski definition) is 0. The van der Waals surface area contributed by atoms with Crippen LogP contribution in [-0.2, 0) is 16.5 Å². The summed E-state index contributed by atoms with van der Waals surface area (Å²) in [5.74, 6) is -1.80. The lowest BCUT2D eigenvalue weighted by Crippen LogP contribution is -2.01. The van der Waals surface area contributed by atoms with E-state index >= 15 is 0 Å². The molecule has 1 aromatic carbocycles. The summed E-state index contributed by atoms with van der Waals surface area (Å²) in [5, 5.41) is 3.94. The number of nitrogens with zero attached hydrogens (tertiary/aromatic N) is 2. The first-order valence-electron chi connectivity index (χ1n) is 5.78. The van der Waals surface area contributed by atoms with E-state index in [0.29, 0.717) is 5.69 Å². The molecule has 3 rings (SSSR count). The van der Waals surface area contributed by atoms with E-state index in [0.717, 1.165) is 0 Å². The zero-order chi connectivity index (χ0) is 13.6. The van der Waals surface area contributed by atoms with Crippen molar-refractivity contribution in [3.05, 3.63) is 41.6 Å². The maximum Gasteiger partial charge on any atom is 0.188 e. The molecule has 2 unspecified atom stereocenters. The standard InChI is InChI=1S/C13H12F2N2O2/c1-17-9(5-6-16-17)7-3-4-8(11(15)10(7)14)12-13(18-2)19-12/h3-6,12-13H,1-2H3. The summed E-state index contributed by atoms with van der Waals surface area (Å²) in [4.78, 5) is 0. The molecule has 2 heterocycles. The van der Waals surface area contributed by atoms with Crippen molar-refractivity contribution in [3.8, 4) is 11.3 Å². The van der Waals surface area contributed by atoms with Crippen LogP contribution in [0.5, 0.6) is 0 Å². The Balaban J connectivity index is 2.02. The van der Waals surface area contributed by atoms with Crippen molar-refractivity contribution in [2.45, 2.75) is 12.4 Å². The number of methoxy groups -OCH3 is 1. The molecule has 1 fully saturated rings. The summed E-state index contributed by atoms with van der Waals surface area (Å²) in [5.41, 5.74) is 0.870. The molecule has 0 bridgehead atoms. The van der Waals surface area contributed by atoms with Gasteiger partial charge in [0, 0.05) is 31.5 Å². The predicted molar refractivity (Wildman–Crippen MR) is 63.2 cm³/mol. The minimum absolute atomic E-state index is 0.176. The van der Waals surface area contributed by atoms with E-state index in [1.165, 1.54) is 30.1 Å². The minimum Gasteiger partial charge on any atom is -0.353 e. The summed E-state index contributed by atoms with van der Waals surface area (Å²) in [6.45, 7) is 0. The van der Waals surface area contributed by atoms with Gasteiger partial charge in [0.2, 0.25) is 0 Å². The number of epoxide rings is 1. The van der Waals surface area contributed by atoms with Gasteiger partial charge in [-0.15, -0.1) is 0 Å². The average Bonchev–Trinajstić information content (AvgIpc) is 3.07. The van der Waals surface area contributed by atoms with Gasteiger partial charge in [0.15, 0.2) is 17.9 Å². The molecule has 4 nitrogen and oxygen atoms in total. The summed E-state index contributed by atoms with van der Waals surface area (Å²) in [6.07, 6.45) is 0.516. The van der Waals surface area contributed by atoms with Gasteiger partial charge < -0.3 is 9.47 Å². The molecule has 0 saturated carbocycles. The van der Waals surface area contributed by atoms with E-state index in [1.54, 1.807) is 13.1 Å². The maximum absolute atomic E-state index is 14.1. The lowest BCUT2D eigenvalue weighted by atomic mass is 10.1. The number of aromatic nitrogens is 2. The Bertz CT molecular complexity index is 627. The van der Waals surface area contributed by atoms with Gasteiger partial charge in [-0.05, 0) is 12.1 Å². The fourth-order valence-electron chi connectivity index (χ4n) is 2.12.